The van der Waals surface area contributed by atoms with Gasteiger partial charge in [0.2, 0.25) is 0 Å². The van der Waals surface area contributed by atoms with Crippen molar-refractivity contribution in [1.29, 1.82) is 0 Å². The minimum atomic E-state index is -0.595. The fourth-order valence-electron chi connectivity index (χ4n) is 2.45. The molecule has 0 unspecified atom stereocenters. The van der Waals surface area contributed by atoms with Crippen LogP contribution in [0.3, 0.4) is 0 Å². The highest BCUT2D eigenvalue weighted by molar-refractivity contribution is 5.31. The van der Waals surface area contributed by atoms with E-state index in [1.54, 1.807) is 0 Å². The molecule has 1 fully saturated rings. The molecular weight excluding hydrogens is 224 g/mol. The van der Waals surface area contributed by atoms with Crippen molar-refractivity contribution in [3.63, 3.8) is 0 Å². The first kappa shape index (κ1) is 13.4. The minimum Gasteiger partial charge on any atom is -0.491 e. The van der Waals surface area contributed by atoms with E-state index in [0.717, 1.165) is 31.4 Å². The van der Waals surface area contributed by atoms with Gasteiger partial charge in [-0.25, -0.2) is 0 Å². The van der Waals surface area contributed by atoms with E-state index in [0.29, 0.717) is 6.61 Å². The van der Waals surface area contributed by atoms with Gasteiger partial charge in [0.15, 0.2) is 0 Å². The molecule has 0 amide bonds. The zero-order valence-corrected chi connectivity index (χ0v) is 11.7. The van der Waals surface area contributed by atoms with Crippen molar-refractivity contribution in [2.24, 2.45) is 0 Å². The van der Waals surface area contributed by atoms with Gasteiger partial charge in [0.25, 0.3) is 0 Å². The van der Waals surface area contributed by atoms with Gasteiger partial charge < -0.3 is 9.84 Å². The SMILES string of the molecule is CC(C)(C)c1ccc(OCC2(O)CCCC2)cc1. The van der Waals surface area contributed by atoms with E-state index in [1.165, 1.54) is 5.56 Å². The molecule has 0 heterocycles. The van der Waals surface area contributed by atoms with E-state index in [-0.39, 0.29) is 5.41 Å². The summed E-state index contributed by atoms with van der Waals surface area (Å²) in [6, 6.07) is 8.21. The summed E-state index contributed by atoms with van der Waals surface area (Å²) in [5.41, 5.74) is 0.875. The van der Waals surface area contributed by atoms with E-state index >= 15 is 0 Å². The highest BCUT2D eigenvalue weighted by Gasteiger charge is 2.31. The number of benzene rings is 1. The Balaban J connectivity index is 1.94. The van der Waals surface area contributed by atoms with Crippen LogP contribution in [0.5, 0.6) is 5.75 Å². The molecule has 2 rings (SSSR count). The first-order chi connectivity index (χ1) is 8.39. The van der Waals surface area contributed by atoms with Crippen LogP contribution in [0.2, 0.25) is 0 Å². The average Bonchev–Trinajstić information content (AvgIpc) is 2.74. The lowest BCUT2D eigenvalue weighted by atomic mass is 9.87. The summed E-state index contributed by atoms with van der Waals surface area (Å²) >= 11 is 0. The molecule has 0 bridgehead atoms. The topological polar surface area (TPSA) is 29.5 Å². The van der Waals surface area contributed by atoms with E-state index in [1.807, 2.05) is 12.1 Å². The van der Waals surface area contributed by atoms with Gasteiger partial charge in [-0.3, -0.25) is 0 Å². The smallest absolute Gasteiger partial charge is 0.119 e. The van der Waals surface area contributed by atoms with Gasteiger partial charge in [-0.15, -0.1) is 0 Å². The molecule has 100 valence electrons. The van der Waals surface area contributed by atoms with Crippen molar-refractivity contribution in [3.05, 3.63) is 29.8 Å². The van der Waals surface area contributed by atoms with Gasteiger partial charge in [0, 0.05) is 0 Å². The largest absolute Gasteiger partial charge is 0.491 e. The van der Waals surface area contributed by atoms with Crippen LogP contribution in [0.1, 0.15) is 52.0 Å². The molecule has 1 saturated carbocycles. The van der Waals surface area contributed by atoms with Gasteiger partial charge in [-0.2, -0.15) is 0 Å². The molecule has 0 aliphatic heterocycles. The molecule has 0 saturated heterocycles. The van der Waals surface area contributed by atoms with Crippen LogP contribution in [-0.4, -0.2) is 17.3 Å². The minimum absolute atomic E-state index is 0.169. The second kappa shape index (κ2) is 4.93. The first-order valence-corrected chi connectivity index (χ1v) is 6.85. The molecule has 2 heteroatoms. The van der Waals surface area contributed by atoms with Crippen LogP contribution < -0.4 is 4.74 Å². The highest BCUT2D eigenvalue weighted by atomic mass is 16.5. The predicted molar refractivity (Wildman–Crippen MR) is 74.1 cm³/mol. The normalized spacial score (nSPS) is 18.9. The predicted octanol–water partition coefficient (Wildman–Crippen LogP) is 3.67. The van der Waals surface area contributed by atoms with Crippen LogP contribution in [0.25, 0.3) is 0 Å². The van der Waals surface area contributed by atoms with Crippen molar-refractivity contribution in [1.82, 2.24) is 0 Å². The molecule has 2 nitrogen and oxygen atoms in total. The third-order valence-electron chi connectivity index (χ3n) is 3.76. The average molecular weight is 248 g/mol. The van der Waals surface area contributed by atoms with E-state index in [2.05, 4.69) is 32.9 Å². The van der Waals surface area contributed by atoms with Gasteiger partial charge in [-0.1, -0.05) is 45.7 Å². The van der Waals surface area contributed by atoms with Crippen LogP contribution >= 0.6 is 0 Å². The van der Waals surface area contributed by atoms with Gasteiger partial charge in [0.1, 0.15) is 12.4 Å². The zero-order valence-electron chi connectivity index (χ0n) is 11.7. The summed E-state index contributed by atoms with van der Waals surface area (Å²) in [6.45, 7) is 7.01. The first-order valence-electron chi connectivity index (χ1n) is 6.85. The summed E-state index contributed by atoms with van der Waals surface area (Å²) in [5.74, 6) is 0.850. The summed E-state index contributed by atoms with van der Waals surface area (Å²) in [7, 11) is 0. The fraction of sp³-hybridized carbons (Fsp3) is 0.625. The Morgan fingerprint density at radius 3 is 2.17 bits per heavy atom. The fourth-order valence-corrected chi connectivity index (χ4v) is 2.45. The molecule has 1 N–H and O–H groups in total. The molecule has 0 aromatic heterocycles. The van der Waals surface area contributed by atoms with Crippen molar-refractivity contribution in [2.45, 2.75) is 57.5 Å². The summed E-state index contributed by atoms with van der Waals surface area (Å²) in [6.07, 6.45) is 3.96. The molecular formula is C16H24O2. The summed E-state index contributed by atoms with van der Waals surface area (Å²) < 4.78 is 5.71. The maximum Gasteiger partial charge on any atom is 0.119 e. The monoisotopic (exact) mass is 248 g/mol. The van der Waals surface area contributed by atoms with Crippen LogP contribution in [0, 0.1) is 0 Å². The van der Waals surface area contributed by atoms with Crippen molar-refractivity contribution in [3.8, 4) is 5.75 Å². The van der Waals surface area contributed by atoms with Crippen LogP contribution in [0.15, 0.2) is 24.3 Å². The van der Waals surface area contributed by atoms with Crippen molar-refractivity contribution < 1.29 is 9.84 Å². The lowest BCUT2D eigenvalue weighted by Gasteiger charge is -2.23. The number of hydrogen-bond acceptors (Lipinski definition) is 2. The number of aliphatic hydroxyl groups is 1. The van der Waals surface area contributed by atoms with Gasteiger partial charge in [0.05, 0.1) is 5.60 Å². The Hall–Kier alpha value is -1.02. The quantitative estimate of drug-likeness (QED) is 0.884. The summed E-state index contributed by atoms with van der Waals surface area (Å²) in [4.78, 5) is 0. The Morgan fingerprint density at radius 1 is 1.11 bits per heavy atom. The van der Waals surface area contributed by atoms with Crippen LogP contribution in [0.4, 0.5) is 0 Å². The van der Waals surface area contributed by atoms with E-state index in [9.17, 15) is 5.11 Å². The van der Waals surface area contributed by atoms with Gasteiger partial charge in [-0.05, 0) is 36.0 Å². The van der Waals surface area contributed by atoms with Crippen LogP contribution in [-0.2, 0) is 5.41 Å². The standard InChI is InChI=1S/C16H24O2/c1-15(2,3)13-6-8-14(9-7-13)18-12-16(17)10-4-5-11-16/h6-9,17H,4-5,10-12H2,1-3H3. The van der Waals surface area contributed by atoms with Crippen molar-refractivity contribution >= 4 is 0 Å². The lowest BCUT2D eigenvalue weighted by molar-refractivity contribution is 0.00140. The second-order valence-electron chi connectivity index (χ2n) is 6.49. The lowest BCUT2D eigenvalue weighted by Crippen LogP contribution is -2.32. The molecule has 1 aromatic rings. The summed E-state index contributed by atoms with van der Waals surface area (Å²) in [5, 5.41) is 10.2. The number of rotatable bonds is 3. The molecule has 0 spiro atoms. The molecule has 0 atom stereocenters. The molecule has 1 aliphatic carbocycles. The highest BCUT2D eigenvalue weighted by Crippen LogP contribution is 2.30. The number of ether oxygens (including phenoxy) is 1. The zero-order chi connectivity index (χ0) is 13.2. The second-order valence-corrected chi connectivity index (χ2v) is 6.49. The van der Waals surface area contributed by atoms with E-state index in [4.69, 9.17) is 4.74 Å². The Morgan fingerprint density at radius 2 is 1.67 bits per heavy atom. The molecule has 1 aliphatic rings. The van der Waals surface area contributed by atoms with Gasteiger partial charge >= 0.3 is 0 Å². The molecule has 0 radical (unpaired) electrons. The maximum atomic E-state index is 10.2. The Bertz CT molecular complexity index is 381. The third kappa shape index (κ3) is 3.26. The third-order valence-corrected chi connectivity index (χ3v) is 3.76. The Kier molecular flexibility index (Phi) is 3.67. The maximum absolute atomic E-state index is 10.2. The van der Waals surface area contributed by atoms with Crippen molar-refractivity contribution in [2.75, 3.05) is 6.61 Å². The van der Waals surface area contributed by atoms with E-state index < -0.39 is 5.60 Å². The molecule has 1 aromatic carbocycles. The number of hydrogen-bond donors (Lipinski definition) is 1. The molecule has 18 heavy (non-hydrogen) atoms. The Labute approximate surface area is 110 Å².